The van der Waals surface area contributed by atoms with Gasteiger partial charge in [0.1, 0.15) is 0 Å². The molecule has 0 amide bonds. The molecule has 0 saturated heterocycles. The predicted molar refractivity (Wildman–Crippen MR) is 141 cm³/mol. The molecule has 0 unspecified atom stereocenters. The van der Waals surface area contributed by atoms with E-state index in [0.29, 0.717) is 5.95 Å². The Labute approximate surface area is 209 Å². The lowest BCUT2D eigenvalue weighted by molar-refractivity contribution is 0.318. The van der Waals surface area contributed by atoms with Gasteiger partial charge in [0.15, 0.2) is 5.84 Å². The van der Waals surface area contributed by atoms with Crippen molar-refractivity contribution in [3.63, 3.8) is 0 Å². The number of fused-ring (bicyclic) bond motifs is 1. The molecule has 0 spiro atoms. The van der Waals surface area contributed by atoms with Gasteiger partial charge in [0.05, 0.1) is 17.6 Å². The lowest BCUT2D eigenvalue weighted by Crippen LogP contribution is -2.15. The monoisotopic (exact) mass is 494 g/mol. The minimum atomic E-state index is 0. The molecule has 1 aliphatic carbocycles. The lowest BCUT2D eigenvalue weighted by atomic mass is 10.0. The summed E-state index contributed by atoms with van der Waals surface area (Å²) in [5.74, 6) is 0.423. The number of hydrogen-bond acceptors (Lipinski definition) is 5. The normalized spacial score (nSPS) is 13.8. The molecule has 4 aromatic rings. The number of aromatic nitrogens is 2. The first-order valence-corrected chi connectivity index (χ1v) is 10.3. The fourth-order valence-corrected chi connectivity index (χ4v) is 4.10. The van der Waals surface area contributed by atoms with E-state index >= 15 is 0 Å². The van der Waals surface area contributed by atoms with Crippen LogP contribution in [-0.2, 0) is 6.42 Å². The number of amidine groups is 1. The summed E-state index contributed by atoms with van der Waals surface area (Å²) in [6.07, 6.45) is 3.35. The number of nitrogens with two attached hydrogens (primary N) is 2. The van der Waals surface area contributed by atoms with Crippen molar-refractivity contribution in [1.82, 2.24) is 9.66 Å². The van der Waals surface area contributed by atoms with Crippen molar-refractivity contribution < 1.29 is 5.21 Å². The minimum Gasteiger partial charge on any atom is -0.409 e. The molecule has 34 heavy (non-hydrogen) atoms. The molecule has 5 rings (SSSR count). The van der Waals surface area contributed by atoms with Crippen LogP contribution in [0.2, 0.25) is 0 Å². The summed E-state index contributed by atoms with van der Waals surface area (Å²) in [5.41, 5.74) is 19.7. The maximum atomic E-state index is 9.05. The zero-order valence-electron chi connectivity index (χ0n) is 18.1. The van der Waals surface area contributed by atoms with Crippen LogP contribution in [0, 0.1) is 0 Å². The summed E-state index contributed by atoms with van der Waals surface area (Å²) in [5, 5.41) is 16.9. The summed E-state index contributed by atoms with van der Waals surface area (Å²) in [6, 6.07) is 24.2. The standard InChI is InChI=1S/C25H22N6O.2ClH/c26-24(30-32)21-8-4-7-20-19(21)13-14-22(20)29-31-15-23(28-25(31)27)18-11-9-17(10-12-18)16-5-2-1-3-6-16;;/h1-12,15,32H,13-14H2,(H2,26,30)(H2,27,28);2*1H. The van der Waals surface area contributed by atoms with Gasteiger partial charge in [0.25, 0.3) is 0 Å². The zero-order chi connectivity index (χ0) is 22.1. The molecule has 0 aliphatic heterocycles. The maximum absolute atomic E-state index is 9.05. The highest BCUT2D eigenvalue weighted by atomic mass is 35.5. The molecule has 0 radical (unpaired) electrons. The third-order valence-corrected chi connectivity index (χ3v) is 5.71. The number of nitrogen functional groups attached to an aromatic ring is 1. The summed E-state index contributed by atoms with van der Waals surface area (Å²) in [4.78, 5) is 4.50. The van der Waals surface area contributed by atoms with E-state index in [4.69, 9.17) is 21.8 Å². The number of anilines is 1. The average Bonchev–Trinajstić information content (AvgIpc) is 3.43. The summed E-state index contributed by atoms with van der Waals surface area (Å²) < 4.78 is 1.61. The highest BCUT2D eigenvalue weighted by molar-refractivity contribution is 6.09. The molecular weight excluding hydrogens is 471 g/mol. The first-order chi connectivity index (χ1) is 15.6. The average molecular weight is 495 g/mol. The van der Waals surface area contributed by atoms with Gasteiger partial charge in [-0.3, -0.25) is 0 Å². The van der Waals surface area contributed by atoms with Crippen LogP contribution in [-0.4, -0.2) is 26.4 Å². The van der Waals surface area contributed by atoms with Crippen LogP contribution in [0.1, 0.15) is 23.1 Å². The lowest BCUT2D eigenvalue weighted by Gasteiger charge is -2.06. The first kappa shape index (κ1) is 24.8. The molecule has 7 nitrogen and oxygen atoms in total. The van der Waals surface area contributed by atoms with Crippen LogP contribution in [0.5, 0.6) is 0 Å². The minimum absolute atomic E-state index is 0. The summed E-state index contributed by atoms with van der Waals surface area (Å²) in [7, 11) is 0. The van der Waals surface area contributed by atoms with Gasteiger partial charge in [-0.2, -0.15) is 5.10 Å². The van der Waals surface area contributed by atoms with Crippen molar-refractivity contribution in [2.24, 2.45) is 16.0 Å². The van der Waals surface area contributed by atoms with Gasteiger partial charge in [-0.1, -0.05) is 78.0 Å². The maximum Gasteiger partial charge on any atom is 0.221 e. The second kappa shape index (κ2) is 10.4. The highest BCUT2D eigenvalue weighted by Crippen LogP contribution is 2.28. The van der Waals surface area contributed by atoms with Crippen LogP contribution in [0.4, 0.5) is 5.95 Å². The van der Waals surface area contributed by atoms with Gasteiger partial charge < -0.3 is 16.7 Å². The Morgan fingerprint density at radius 2 is 1.53 bits per heavy atom. The number of rotatable bonds is 4. The summed E-state index contributed by atoms with van der Waals surface area (Å²) in [6.45, 7) is 0. The molecule has 9 heteroatoms. The van der Waals surface area contributed by atoms with Crippen molar-refractivity contribution >= 4 is 42.3 Å². The van der Waals surface area contributed by atoms with Crippen LogP contribution in [0.3, 0.4) is 0 Å². The van der Waals surface area contributed by atoms with Crippen molar-refractivity contribution in [2.45, 2.75) is 12.8 Å². The van der Waals surface area contributed by atoms with Gasteiger partial charge in [0, 0.05) is 16.7 Å². The molecule has 1 aliphatic rings. The van der Waals surface area contributed by atoms with Gasteiger partial charge in [-0.05, 0) is 29.5 Å². The molecule has 0 fully saturated rings. The Kier molecular flexibility index (Phi) is 7.61. The number of halogens is 2. The fraction of sp³-hybridized carbons (Fsp3) is 0.0800. The molecule has 1 aromatic heterocycles. The fourth-order valence-electron chi connectivity index (χ4n) is 4.10. The molecule has 174 valence electrons. The SMILES string of the molecule is Cl.Cl.N/C(=N\O)c1cccc2c1CCC2=Nn1cc(-c2ccc(-c3ccccc3)cc2)nc1N. The number of oxime groups is 1. The first-order valence-electron chi connectivity index (χ1n) is 10.3. The molecule has 0 bridgehead atoms. The molecule has 0 atom stereocenters. The molecular formula is C25H24Cl2N6O. The van der Waals surface area contributed by atoms with Crippen LogP contribution in [0.25, 0.3) is 22.4 Å². The van der Waals surface area contributed by atoms with Crippen molar-refractivity contribution in [3.8, 4) is 22.4 Å². The number of imidazole rings is 1. The Morgan fingerprint density at radius 1 is 0.853 bits per heavy atom. The molecule has 5 N–H and O–H groups in total. The van der Waals surface area contributed by atoms with E-state index in [-0.39, 0.29) is 30.6 Å². The third kappa shape index (κ3) is 4.62. The number of benzene rings is 3. The van der Waals surface area contributed by atoms with Crippen LogP contribution in [0.15, 0.2) is 89.3 Å². The van der Waals surface area contributed by atoms with E-state index in [1.165, 1.54) is 5.56 Å². The van der Waals surface area contributed by atoms with Crippen LogP contribution >= 0.6 is 24.8 Å². The number of hydrogen-bond donors (Lipinski definition) is 3. The van der Waals surface area contributed by atoms with Crippen molar-refractivity contribution in [1.29, 1.82) is 0 Å². The van der Waals surface area contributed by atoms with E-state index in [1.807, 2.05) is 54.7 Å². The van der Waals surface area contributed by atoms with Crippen LogP contribution < -0.4 is 11.5 Å². The molecule has 3 aromatic carbocycles. The highest BCUT2D eigenvalue weighted by Gasteiger charge is 2.22. The topological polar surface area (TPSA) is 115 Å². The van der Waals surface area contributed by atoms with Gasteiger partial charge in [-0.25, -0.2) is 9.66 Å². The van der Waals surface area contributed by atoms with E-state index in [2.05, 4.69) is 34.4 Å². The van der Waals surface area contributed by atoms with Gasteiger partial charge in [0.2, 0.25) is 5.95 Å². The Hall–Kier alpha value is -3.81. The molecule has 1 heterocycles. The Balaban J connectivity index is 0.00000162. The predicted octanol–water partition coefficient (Wildman–Crippen LogP) is 4.94. The van der Waals surface area contributed by atoms with E-state index in [0.717, 1.165) is 52.1 Å². The van der Waals surface area contributed by atoms with E-state index in [9.17, 15) is 0 Å². The van der Waals surface area contributed by atoms with Gasteiger partial charge in [-0.15, -0.1) is 24.8 Å². The third-order valence-electron chi connectivity index (χ3n) is 5.71. The van der Waals surface area contributed by atoms with Crippen molar-refractivity contribution in [3.05, 3.63) is 95.7 Å². The van der Waals surface area contributed by atoms with Gasteiger partial charge >= 0.3 is 0 Å². The second-order valence-corrected chi connectivity index (χ2v) is 7.64. The van der Waals surface area contributed by atoms with E-state index < -0.39 is 0 Å². The zero-order valence-corrected chi connectivity index (χ0v) is 19.8. The summed E-state index contributed by atoms with van der Waals surface area (Å²) >= 11 is 0. The van der Waals surface area contributed by atoms with Crippen molar-refractivity contribution in [2.75, 3.05) is 5.73 Å². The Bertz CT molecular complexity index is 1350. The smallest absolute Gasteiger partial charge is 0.221 e. The second-order valence-electron chi connectivity index (χ2n) is 7.64. The number of nitrogens with zero attached hydrogens (tertiary/aromatic N) is 4. The Morgan fingerprint density at radius 3 is 2.24 bits per heavy atom. The van der Waals surface area contributed by atoms with E-state index in [1.54, 1.807) is 4.68 Å². The quantitative estimate of drug-likeness (QED) is 0.161. The largest absolute Gasteiger partial charge is 0.409 e. The molecule has 0 saturated carbocycles.